The van der Waals surface area contributed by atoms with Crippen molar-refractivity contribution in [1.82, 2.24) is 30.4 Å². The average Bonchev–Trinajstić information content (AvgIpc) is 3.49. The highest BCUT2D eigenvalue weighted by molar-refractivity contribution is 7.13. The number of benzene rings is 1. The molecule has 0 spiro atoms. The number of carbonyl (C=O) groups excluding carboxylic acids is 3. The number of amides is 3. The third-order valence-electron chi connectivity index (χ3n) is 6.81. The van der Waals surface area contributed by atoms with E-state index in [4.69, 9.17) is 16.3 Å². The van der Waals surface area contributed by atoms with Crippen molar-refractivity contribution in [2.24, 2.45) is 0 Å². The molecular formula is C25H30Cl2N6O4S. The fourth-order valence-electron chi connectivity index (χ4n) is 4.83. The maximum atomic E-state index is 13.2. The molecule has 204 valence electrons. The molecule has 4 heterocycles. The number of carbonyl (C=O) groups is 3. The zero-order valence-electron chi connectivity index (χ0n) is 21.1. The number of nitrogens with one attached hydrogen (secondary N) is 3. The number of hydrogen-bond donors (Lipinski definition) is 3. The molecule has 2 atom stereocenters. The van der Waals surface area contributed by atoms with Crippen molar-refractivity contribution >= 4 is 64.0 Å². The second-order valence-electron chi connectivity index (χ2n) is 9.51. The monoisotopic (exact) mass is 580 g/mol. The Morgan fingerprint density at radius 3 is 2.76 bits per heavy atom. The minimum atomic E-state index is -0.492. The number of rotatable bonds is 6. The van der Waals surface area contributed by atoms with E-state index >= 15 is 0 Å². The number of likely N-dealkylation sites (tertiary alicyclic amines) is 1. The van der Waals surface area contributed by atoms with Crippen LogP contribution in [-0.4, -0.2) is 90.0 Å². The van der Waals surface area contributed by atoms with E-state index in [0.29, 0.717) is 28.7 Å². The van der Waals surface area contributed by atoms with Crippen LogP contribution in [0.5, 0.6) is 0 Å². The van der Waals surface area contributed by atoms with Gasteiger partial charge in [-0.1, -0.05) is 11.6 Å². The summed E-state index contributed by atoms with van der Waals surface area (Å²) in [5.41, 5.74) is 2.17. The highest BCUT2D eigenvalue weighted by Crippen LogP contribution is 2.25. The first-order valence-electron chi connectivity index (χ1n) is 12.1. The van der Waals surface area contributed by atoms with Crippen LogP contribution in [0.4, 0.5) is 0 Å². The first-order valence-corrected chi connectivity index (χ1v) is 13.3. The van der Waals surface area contributed by atoms with E-state index in [9.17, 15) is 14.4 Å². The van der Waals surface area contributed by atoms with Gasteiger partial charge >= 0.3 is 0 Å². The summed E-state index contributed by atoms with van der Waals surface area (Å²) in [6, 6.07) is 6.25. The quantitative estimate of drug-likeness (QED) is 0.412. The highest BCUT2D eigenvalue weighted by Gasteiger charge is 2.35. The summed E-state index contributed by atoms with van der Waals surface area (Å²) < 4.78 is 5.01. The van der Waals surface area contributed by atoms with Crippen LogP contribution >= 0.6 is 35.3 Å². The summed E-state index contributed by atoms with van der Waals surface area (Å²) in [5, 5.41) is 7.92. The van der Waals surface area contributed by atoms with Crippen molar-refractivity contribution in [3.8, 4) is 0 Å². The second kappa shape index (κ2) is 12.0. The molecule has 38 heavy (non-hydrogen) atoms. The summed E-state index contributed by atoms with van der Waals surface area (Å²) in [7, 11) is 3.52. The number of H-pyrrole nitrogens is 1. The molecule has 1 fully saturated rings. The molecule has 0 unspecified atom stereocenters. The third kappa shape index (κ3) is 6.13. The standard InChI is InChI=1S/C25H29ClN6O4S.ClH/c1-31-7-5-18-21(12-31)37-25(30-18)24(35)29-20-11-32(22(33)13-36-2)8-6-17(20)28-23(34)19-10-14-9-15(26)3-4-16(14)27-19;/h3-4,9-10,17,20,27H,5-8,11-13H2,1-2H3,(H,28,34)(H,29,35);1H/t17-,20+;/m0./s1. The zero-order valence-corrected chi connectivity index (χ0v) is 23.5. The van der Waals surface area contributed by atoms with Gasteiger partial charge in [-0.25, -0.2) is 4.98 Å². The Labute approximate surface area is 235 Å². The predicted molar refractivity (Wildman–Crippen MR) is 148 cm³/mol. The number of piperidine rings is 1. The minimum Gasteiger partial charge on any atom is -0.375 e. The molecule has 2 aliphatic rings. The molecule has 13 heteroatoms. The average molecular weight is 582 g/mol. The van der Waals surface area contributed by atoms with Crippen LogP contribution in [0, 0.1) is 0 Å². The first kappa shape index (κ1) is 28.3. The minimum absolute atomic E-state index is 0. The lowest BCUT2D eigenvalue weighted by atomic mass is 9.98. The molecule has 3 N–H and O–H groups in total. The van der Waals surface area contributed by atoms with E-state index in [2.05, 4.69) is 25.5 Å². The molecule has 0 radical (unpaired) electrons. The van der Waals surface area contributed by atoms with Gasteiger partial charge < -0.3 is 30.2 Å². The van der Waals surface area contributed by atoms with Gasteiger partial charge in [0.15, 0.2) is 5.01 Å². The SMILES string of the molecule is COCC(=O)N1CC[C@H](NC(=O)c2cc3cc(Cl)ccc3[nH]2)[C@H](NC(=O)c2nc3c(s2)CN(C)CC3)C1.Cl. The third-order valence-corrected chi connectivity index (χ3v) is 8.13. The van der Waals surface area contributed by atoms with E-state index in [1.54, 1.807) is 23.1 Å². The molecule has 0 bridgehead atoms. The highest BCUT2D eigenvalue weighted by atomic mass is 35.5. The number of ether oxygens (including phenoxy) is 1. The summed E-state index contributed by atoms with van der Waals surface area (Å²) >= 11 is 7.48. The van der Waals surface area contributed by atoms with Crippen LogP contribution in [-0.2, 0) is 22.5 Å². The molecule has 5 rings (SSSR count). The number of aromatic amines is 1. The van der Waals surface area contributed by atoms with Crippen LogP contribution in [0.25, 0.3) is 10.9 Å². The van der Waals surface area contributed by atoms with Gasteiger partial charge in [0.25, 0.3) is 11.8 Å². The van der Waals surface area contributed by atoms with Gasteiger partial charge in [-0.05, 0) is 37.7 Å². The van der Waals surface area contributed by atoms with Crippen LogP contribution in [0.15, 0.2) is 24.3 Å². The fourth-order valence-corrected chi connectivity index (χ4v) is 6.11. The van der Waals surface area contributed by atoms with Crippen molar-refractivity contribution in [2.45, 2.75) is 31.5 Å². The number of aromatic nitrogens is 2. The number of thiazole rings is 1. The lowest BCUT2D eigenvalue weighted by Crippen LogP contribution is -2.61. The van der Waals surface area contributed by atoms with E-state index in [1.165, 1.54) is 18.4 Å². The largest absolute Gasteiger partial charge is 0.375 e. The van der Waals surface area contributed by atoms with E-state index in [1.807, 2.05) is 13.1 Å². The fraction of sp³-hybridized carbons (Fsp3) is 0.440. The second-order valence-corrected chi connectivity index (χ2v) is 11.0. The van der Waals surface area contributed by atoms with Crippen molar-refractivity contribution in [3.63, 3.8) is 0 Å². The normalized spacial score (nSPS) is 19.5. The van der Waals surface area contributed by atoms with Crippen molar-refractivity contribution in [1.29, 1.82) is 0 Å². The van der Waals surface area contributed by atoms with Gasteiger partial charge in [-0.15, -0.1) is 23.7 Å². The number of halogens is 2. The number of likely N-dealkylation sites (N-methyl/N-ethyl adjacent to an activating group) is 1. The van der Waals surface area contributed by atoms with Crippen LogP contribution in [0.3, 0.4) is 0 Å². The van der Waals surface area contributed by atoms with Crippen LogP contribution < -0.4 is 10.6 Å². The number of fused-ring (bicyclic) bond motifs is 2. The molecule has 2 aliphatic heterocycles. The Morgan fingerprint density at radius 2 is 1.97 bits per heavy atom. The lowest BCUT2D eigenvalue weighted by molar-refractivity contribution is -0.136. The molecule has 0 aliphatic carbocycles. The number of methoxy groups -OCH3 is 1. The van der Waals surface area contributed by atoms with E-state index in [0.717, 1.165) is 41.0 Å². The lowest BCUT2D eigenvalue weighted by Gasteiger charge is -2.39. The number of hydrogen-bond acceptors (Lipinski definition) is 7. The molecule has 3 amide bonds. The molecule has 3 aromatic rings. The predicted octanol–water partition coefficient (Wildman–Crippen LogP) is 2.46. The van der Waals surface area contributed by atoms with Crippen molar-refractivity contribution in [2.75, 3.05) is 40.4 Å². The maximum absolute atomic E-state index is 13.2. The zero-order chi connectivity index (χ0) is 26.1. The Kier molecular flexibility index (Phi) is 8.94. The molecule has 1 aromatic carbocycles. The summed E-state index contributed by atoms with van der Waals surface area (Å²) in [6.07, 6.45) is 1.30. The van der Waals surface area contributed by atoms with Gasteiger partial charge in [-0.3, -0.25) is 14.4 Å². The van der Waals surface area contributed by atoms with Crippen LogP contribution in [0.1, 0.15) is 37.3 Å². The molecule has 2 aromatic heterocycles. The van der Waals surface area contributed by atoms with E-state index < -0.39 is 6.04 Å². The van der Waals surface area contributed by atoms with Crippen LogP contribution in [0.2, 0.25) is 5.02 Å². The Hall–Kier alpha value is -2.70. The smallest absolute Gasteiger partial charge is 0.280 e. The Balaban J connectivity index is 0.00000336. The summed E-state index contributed by atoms with van der Waals surface area (Å²) in [5.74, 6) is -0.750. The molecule has 1 saturated heterocycles. The Morgan fingerprint density at radius 1 is 1.18 bits per heavy atom. The maximum Gasteiger partial charge on any atom is 0.280 e. The van der Waals surface area contributed by atoms with Gasteiger partial charge in [0.1, 0.15) is 12.3 Å². The van der Waals surface area contributed by atoms with Gasteiger partial charge in [-0.2, -0.15) is 0 Å². The van der Waals surface area contributed by atoms with Gasteiger partial charge in [0.05, 0.1) is 17.8 Å². The summed E-state index contributed by atoms with van der Waals surface area (Å²) in [4.78, 5) is 51.5. The van der Waals surface area contributed by atoms with Crippen molar-refractivity contribution in [3.05, 3.63) is 50.6 Å². The van der Waals surface area contributed by atoms with Gasteiger partial charge in [0.2, 0.25) is 5.91 Å². The summed E-state index contributed by atoms with van der Waals surface area (Å²) in [6.45, 7) is 2.35. The van der Waals surface area contributed by atoms with Gasteiger partial charge in [0, 0.05) is 60.5 Å². The topological polar surface area (TPSA) is 120 Å². The molecule has 10 nitrogen and oxygen atoms in total. The first-order chi connectivity index (χ1) is 17.8. The molecular weight excluding hydrogens is 551 g/mol. The van der Waals surface area contributed by atoms with Crippen molar-refractivity contribution < 1.29 is 19.1 Å². The van der Waals surface area contributed by atoms with E-state index in [-0.39, 0.29) is 49.3 Å². The Bertz CT molecular complexity index is 1340. The number of nitrogens with zero attached hydrogens (tertiary/aromatic N) is 3. The molecule has 0 saturated carbocycles.